The summed E-state index contributed by atoms with van der Waals surface area (Å²) in [5, 5.41) is 14.6. The summed E-state index contributed by atoms with van der Waals surface area (Å²) in [5.41, 5.74) is 4.83. The second-order valence-corrected chi connectivity index (χ2v) is 17.9. The van der Waals surface area contributed by atoms with Gasteiger partial charge in [-0.3, -0.25) is 13.8 Å². The van der Waals surface area contributed by atoms with E-state index in [0.29, 0.717) is 29.4 Å². The Bertz CT molecular complexity index is 1020. The lowest BCUT2D eigenvalue weighted by atomic mass is 9.87. The summed E-state index contributed by atoms with van der Waals surface area (Å²) in [5.74, 6) is -0.223. The minimum absolute atomic E-state index is 0.0330. The first kappa shape index (κ1) is 50.8. The van der Waals surface area contributed by atoms with Crippen molar-refractivity contribution in [2.75, 3.05) is 40.9 Å². The van der Waals surface area contributed by atoms with Crippen LogP contribution in [0.15, 0.2) is 23.6 Å². The highest BCUT2D eigenvalue weighted by molar-refractivity contribution is 7.47. The van der Waals surface area contributed by atoms with Crippen LogP contribution in [0.4, 0.5) is 0 Å². The van der Waals surface area contributed by atoms with Crippen LogP contribution in [0.5, 0.6) is 0 Å². The highest BCUT2D eigenvalue weighted by Crippen LogP contribution is 2.44. The number of hydrogen-bond acceptors (Lipinski definition) is 5. The monoisotopic (exact) mass is 756 g/mol. The predicted octanol–water partition coefficient (Wildman–Crippen LogP) is 11.5. The molecule has 0 fully saturated rings. The second kappa shape index (κ2) is 32.1. The lowest BCUT2D eigenvalue weighted by Crippen LogP contribution is -2.58. The van der Waals surface area contributed by atoms with E-state index in [2.05, 4.69) is 37.2 Å². The smallest absolute Gasteiger partial charge is 0.386 e. The van der Waals surface area contributed by atoms with Crippen LogP contribution in [-0.2, 0) is 18.4 Å². The van der Waals surface area contributed by atoms with Gasteiger partial charge >= 0.3 is 7.82 Å². The first-order valence-corrected chi connectivity index (χ1v) is 22.8. The van der Waals surface area contributed by atoms with Crippen LogP contribution in [0.2, 0.25) is 0 Å². The molecule has 0 aromatic carbocycles. The van der Waals surface area contributed by atoms with Crippen molar-refractivity contribution < 1.29 is 32.9 Å². The summed E-state index contributed by atoms with van der Waals surface area (Å²) in [4.78, 5) is 23.7. The normalized spacial score (nSPS) is 14.6. The SMILES string of the molecule is C=C=C=C(CCCCCCCCCCCCCC)[C@@H](O)C(C)(COP(=O)(O)OCC[N+](C)(C)C)NC(=O)CCCCCCCCCCCCCCC. The van der Waals surface area contributed by atoms with Gasteiger partial charge in [-0.25, -0.2) is 4.57 Å². The topological polar surface area (TPSA) is 105 Å². The molecule has 52 heavy (non-hydrogen) atoms. The molecule has 0 radical (unpaired) electrons. The Morgan fingerprint density at radius 1 is 0.712 bits per heavy atom. The maximum Gasteiger partial charge on any atom is 0.472 e. The number of hydrogen-bond donors (Lipinski definition) is 3. The summed E-state index contributed by atoms with van der Waals surface area (Å²) in [6, 6.07) is 0. The number of amides is 1. The highest BCUT2D eigenvalue weighted by atomic mass is 31.2. The fraction of sp³-hybridized carbons (Fsp3) is 0.884. The molecule has 0 saturated carbocycles. The van der Waals surface area contributed by atoms with Crippen molar-refractivity contribution in [1.82, 2.24) is 5.32 Å². The zero-order valence-corrected chi connectivity index (χ0v) is 35.8. The van der Waals surface area contributed by atoms with Crippen LogP contribution < -0.4 is 5.32 Å². The van der Waals surface area contributed by atoms with Crippen LogP contribution in [0.1, 0.15) is 194 Å². The van der Waals surface area contributed by atoms with Gasteiger partial charge in [0.15, 0.2) is 0 Å². The molecule has 306 valence electrons. The average molecular weight is 756 g/mol. The van der Waals surface area contributed by atoms with E-state index in [4.69, 9.17) is 9.05 Å². The van der Waals surface area contributed by atoms with Gasteiger partial charge in [0.25, 0.3) is 0 Å². The molecule has 0 aliphatic rings. The molecule has 0 aliphatic heterocycles. The van der Waals surface area contributed by atoms with E-state index in [-0.39, 0.29) is 12.5 Å². The number of nitrogens with zero attached hydrogens (tertiary/aromatic N) is 1. The Morgan fingerprint density at radius 3 is 1.48 bits per heavy atom. The summed E-state index contributed by atoms with van der Waals surface area (Å²) in [7, 11) is 1.45. The number of nitrogens with one attached hydrogen (secondary N) is 1. The Kier molecular flexibility index (Phi) is 31.3. The Hall–Kier alpha value is -1.20. The minimum atomic E-state index is -4.43. The van der Waals surface area contributed by atoms with Crippen LogP contribution in [0.3, 0.4) is 0 Å². The van der Waals surface area contributed by atoms with Crippen molar-refractivity contribution in [2.24, 2.45) is 0 Å². The van der Waals surface area contributed by atoms with Crippen molar-refractivity contribution >= 4 is 13.7 Å². The van der Waals surface area contributed by atoms with E-state index in [0.717, 1.165) is 38.5 Å². The molecule has 0 aromatic heterocycles. The molecule has 0 aromatic rings. The van der Waals surface area contributed by atoms with Gasteiger partial charge in [0, 0.05) is 12.0 Å². The summed E-state index contributed by atoms with van der Waals surface area (Å²) in [6.45, 7) is 9.98. The first-order chi connectivity index (χ1) is 24.8. The number of aliphatic hydroxyl groups is 1. The molecule has 8 nitrogen and oxygen atoms in total. The van der Waals surface area contributed by atoms with Gasteiger partial charge < -0.3 is 19.8 Å². The molecule has 3 atom stereocenters. The molecule has 1 amide bonds. The van der Waals surface area contributed by atoms with E-state index in [1.807, 2.05) is 21.1 Å². The Labute approximate surface area is 321 Å². The molecule has 0 bridgehead atoms. The molecule has 0 aliphatic carbocycles. The van der Waals surface area contributed by atoms with Gasteiger partial charge in [-0.15, -0.1) is 0 Å². The van der Waals surface area contributed by atoms with Crippen LogP contribution in [-0.4, -0.2) is 72.9 Å². The number of phosphoric acid groups is 1. The molecule has 3 N–H and O–H groups in total. The second-order valence-electron chi connectivity index (χ2n) is 16.4. The number of quaternary nitrogens is 1. The largest absolute Gasteiger partial charge is 0.472 e. The molecule has 0 saturated heterocycles. The molecule has 2 unspecified atom stereocenters. The zero-order valence-electron chi connectivity index (χ0n) is 34.9. The lowest BCUT2D eigenvalue weighted by Gasteiger charge is -2.36. The van der Waals surface area contributed by atoms with Crippen molar-refractivity contribution in [3.05, 3.63) is 23.6 Å². The van der Waals surface area contributed by atoms with Crippen LogP contribution in [0, 0.1) is 0 Å². The molecular formula is C43H84N2O6P+. The van der Waals surface area contributed by atoms with Crippen molar-refractivity contribution in [3.8, 4) is 0 Å². The zero-order chi connectivity index (χ0) is 39.0. The van der Waals surface area contributed by atoms with Gasteiger partial charge in [-0.05, 0) is 32.8 Å². The number of aliphatic hydroxyl groups excluding tert-OH is 1. The summed E-state index contributed by atoms with van der Waals surface area (Å²) >= 11 is 0. The van der Waals surface area contributed by atoms with E-state index in [1.54, 1.807) is 6.92 Å². The number of carbonyl (C=O) groups excluding carboxylic acids is 1. The van der Waals surface area contributed by atoms with E-state index < -0.39 is 26.1 Å². The quantitative estimate of drug-likeness (QED) is 0.0252. The molecule has 0 spiro atoms. The Morgan fingerprint density at radius 2 is 1.10 bits per heavy atom. The number of unbranched alkanes of at least 4 members (excludes halogenated alkanes) is 23. The highest BCUT2D eigenvalue weighted by Gasteiger charge is 2.40. The first-order valence-electron chi connectivity index (χ1n) is 21.4. The van der Waals surface area contributed by atoms with Crippen LogP contribution >= 0.6 is 7.82 Å². The van der Waals surface area contributed by atoms with E-state index in [9.17, 15) is 19.4 Å². The maximum absolute atomic E-state index is 13.2. The summed E-state index contributed by atoms with van der Waals surface area (Å²) in [6.07, 6.45) is 30.3. The van der Waals surface area contributed by atoms with Gasteiger partial charge in [0.05, 0.1) is 33.3 Å². The third-order valence-electron chi connectivity index (χ3n) is 9.96. The van der Waals surface area contributed by atoms with Gasteiger partial charge in [0.1, 0.15) is 19.3 Å². The molecular weight excluding hydrogens is 671 g/mol. The molecule has 0 heterocycles. The van der Waals surface area contributed by atoms with Crippen molar-refractivity contribution in [2.45, 2.75) is 206 Å². The van der Waals surface area contributed by atoms with Gasteiger partial charge in [0.2, 0.25) is 5.91 Å². The average Bonchev–Trinajstić information content (AvgIpc) is 3.08. The van der Waals surface area contributed by atoms with Crippen molar-refractivity contribution in [1.29, 1.82) is 0 Å². The van der Waals surface area contributed by atoms with E-state index in [1.165, 1.54) is 122 Å². The number of rotatable bonds is 37. The van der Waals surface area contributed by atoms with Crippen molar-refractivity contribution in [3.63, 3.8) is 0 Å². The number of phosphoric ester groups is 1. The molecule has 0 rings (SSSR count). The fourth-order valence-electron chi connectivity index (χ4n) is 6.47. The third-order valence-corrected chi connectivity index (χ3v) is 10.9. The number of likely N-dealkylation sites (N-methyl/N-ethyl adjacent to an activating group) is 1. The fourth-order valence-corrected chi connectivity index (χ4v) is 7.29. The van der Waals surface area contributed by atoms with Gasteiger partial charge in [-0.1, -0.05) is 173 Å². The Balaban J connectivity index is 5.02. The number of carbonyl (C=O) groups is 1. The predicted molar refractivity (Wildman–Crippen MR) is 219 cm³/mol. The standard InChI is InChI=1S/C43H83N2O6P/c1-8-11-13-15-17-19-21-23-25-27-29-31-33-36-41(46)44-43(4,39-51-52(48,49)50-38-37-45(5,6)7)42(47)40(34-10-3)35-32-30-28-26-24-22-20-18-16-14-12-9-2/h42,47H,3,8-9,11-33,35-39H2,1-2,4-7H3,(H-,44,46,48,49)/p+1/t42-,43?/m1/s1. The maximum atomic E-state index is 13.2. The van der Waals surface area contributed by atoms with Gasteiger partial charge in [-0.2, -0.15) is 0 Å². The third kappa shape index (κ3) is 30.2. The lowest BCUT2D eigenvalue weighted by molar-refractivity contribution is -0.870. The molecule has 9 heteroatoms. The van der Waals surface area contributed by atoms with Crippen LogP contribution in [0.25, 0.3) is 0 Å². The minimum Gasteiger partial charge on any atom is -0.386 e. The summed E-state index contributed by atoms with van der Waals surface area (Å²) < 4.78 is 24.0. The van der Waals surface area contributed by atoms with E-state index >= 15 is 0 Å².